The van der Waals surface area contributed by atoms with E-state index in [0.29, 0.717) is 41.4 Å². The molecule has 5 rings (SSSR count). The van der Waals surface area contributed by atoms with Crippen molar-refractivity contribution in [1.82, 2.24) is 20.5 Å². The number of methoxy groups -OCH3 is 1. The van der Waals surface area contributed by atoms with Crippen molar-refractivity contribution < 1.29 is 23.9 Å². The van der Waals surface area contributed by atoms with Gasteiger partial charge in [0.25, 0.3) is 5.91 Å². The Morgan fingerprint density at radius 2 is 1.90 bits per heavy atom. The molecule has 1 aliphatic carbocycles. The Labute approximate surface area is 238 Å². The zero-order valence-corrected chi connectivity index (χ0v) is 24.0. The Hall–Kier alpha value is -3.27. The molecule has 4 amide bonds. The van der Waals surface area contributed by atoms with Crippen LogP contribution in [0.15, 0.2) is 18.2 Å². The zero-order valence-electron chi connectivity index (χ0n) is 23.3. The van der Waals surface area contributed by atoms with Crippen LogP contribution in [0.5, 0.6) is 5.75 Å². The lowest BCUT2D eigenvalue weighted by Crippen LogP contribution is -2.53. The Morgan fingerprint density at radius 3 is 2.52 bits per heavy atom. The van der Waals surface area contributed by atoms with Crippen LogP contribution in [0.25, 0.3) is 10.9 Å². The molecule has 11 heteroatoms. The van der Waals surface area contributed by atoms with E-state index in [9.17, 15) is 19.2 Å². The van der Waals surface area contributed by atoms with Gasteiger partial charge in [0.05, 0.1) is 12.6 Å². The molecule has 1 aromatic carbocycles. The molecule has 1 spiro atoms. The van der Waals surface area contributed by atoms with Crippen LogP contribution in [-0.4, -0.2) is 64.8 Å². The van der Waals surface area contributed by atoms with Crippen LogP contribution >= 0.6 is 11.6 Å². The monoisotopic (exact) mass is 571 g/mol. The number of likely N-dealkylation sites (tertiary alicyclic amines) is 1. The van der Waals surface area contributed by atoms with Crippen molar-refractivity contribution in [1.29, 1.82) is 0 Å². The van der Waals surface area contributed by atoms with E-state index in [1.165, 1.54) is 0 Å². The highest BCUT2D eigenvalue weighted by molar-refractivity contribution is 6.31. The standard InChI is InChI=1S/C29H38ClN5O5/c1-28(2)13-16(25(37)34-28)9-20(24(31)36)33-26(38)22-14-29(7-5-4-6-8-29)15-35(22)27(39)21-12-18-19(32-21)10-17(30)11-23(18)40-3/h10-12,16,20,22,32H,4-9,13-15H2,1-3H3,(H2,31,36)(H,33,38)(H,34,37)/t16-,20+,22?/m1/s1. The summed E-state index contributed by atoms with van der Waals surface area (Å²) >= 11 is 6.23. The topological polar surface area (TPSA) is 147 Å². The number of aromatic amines is 1. The summed E-state index contributed by atoms with van der Waals surface area (Å²) in [6, 6.07) is 3.35. The van der Waals surface area contributed by atoms with Gasteiger partial charge in [0.2, 0.25) is 17.7 Å². The molecule has 10 nitrogen and oxygen atoms in total. The van der Waals surface area contributed by atoms with Crippen LogP contribution in [0.2, 0.25) is 5.02 Å². The number of primary amides is 1. The normalized spacial score (nSPS) is 24.2. The Kier molecular flexibility index (Phi) is 7.50. The second-order valence-corrected chi connectivity index (χ2v) is 12.9. The van der Waals surface area contributed by atoms with Crippen LogP contribution < -0.4 is 21.1 Å². The first-order chi connectivity index (χ1) is 18.9. The van der Waals surface area contributed by atoms with E-state index in [1.807, 2.05) is 13.8 Å². The fourth-order valence-corrected chi connectivity index (χ4v) is 7.17. The maximum atomic E-state index is 14.0. The number of carbonyl (C=O) groups excluding carboxylic acids is 4. The van der Waals surface area contributed by atoms with Crippen molar-refractivity contribution in [3.05, 3.63) is 28.9 Å². The second-order valence-electron chi connectivity index (χ2n) is 12.4. The van der Waals surface area contributed by atoms with Crippen molar-refractivity contribution in [2.45, 2.75) is 82.8 Å². The molecule has 5 N–H and O–H groups in total. The smallest absolute Gasteiger partial charge is 0.271 e. The summed E-state index contributed by atoms with van der Waals surface area (Å²) in [6.07, 6.45) is 6.28. The average Bonchev–Trinajstić information content (AvgIpc) is 3.56. The number of amides is 4. The van der Waals surface area contributed by atoms with E-state index in [4.69, 9.17) is 22.1 Å². The predicted molar refractivity (Wildman–Crippen MR) is 151 cm³/mol. The number of ether oxygens (including phenoxy) is 1. The number of fused-ring (bicyclic) bond motifs is 1. The fraction of sp³-hybridized carbons (Fsp3) is 0.586. The van der Waals surface area contributed by atoms with Crippen molar-refractivity contribution in [2.75, 3.05) is 13.7 Å². The summed E-state index contributed by atoms with van der Waals surface area (Å²) in [5.74, 6) is -1.47. The van der Waals surface area contributed by atoms with Gasteiger partial charge in [-0.15, -0.1) is 0 Å². The van der Waals surface area contributed by atoms with Crippen LogP contribution in [-0.2, 0) is 14.4 Å². The third-order valence-corrected chi connectivity index (χ3v) is 9.09. The van der Waals surface area contributed by atoms with E-state index in [2.05, 4.69) is 15.6 Å². The minimum atomic E-state index is -1.02. The Bertz CT molecular complexity index is 1350. The maximum absolute atomic E-state index is 14.0. The molecular weight excluding hydrogens is 534 g/mol. The van der Waals surface area contributed by atoms with Gasteiger partial charge < -0.3 is 31.0 Å². The van der Waals surface area contributed by atoms with Gasteiger partial charge in [-0.2, -0.15) is 0 Å². The largest absolute Gasteiger partial charge is 0.496 e. The fourth-order valence-electron chi connectivity index (χ4n) is 6.96. The van der Waals surface area contributed by atoms with Crippen LogP contribution in [0.4, 0.5) is 0 Å². The van der Waals surface area contributed by atoms with Gasteiger partial charge in [0, 0.05) is 28.4 Å². The van der Waals surface area contributed by atoms with Gasteiger partial charge in [-0.3, -0.25) is 19.2 Å². The number of H-pyrrole nitrogens is 1. The molecule has 3 fully saturated rings. The predicted octanol–water partition coefficient (Wildman–Crippen LogP) is 3.27. The third kappa shape index (κ3) is 5.50. The number of carbonyl (C=O) groups is 4. The molecule has 2 saturated heterocycles. The third-order valence-electron chi connectivity index (χ3n) is 8.87. The summed E-state index contributed by atoms with van der Waals surface area (Å²) in [6.45, 7) is 4.29. The minimum Gasteiger partial charge on any atom is -0.496 e. The van der Waals surface area contributed by atoms with Gasteiger partial charge in [0.1, 0.15) is 23.5 Å². The maximum Gasteiger partial charge on any atom is 0.271 e. The van der Waals surface area contributed by atoms with Gasteiger partial charge in [-0.05, 0) is 69.6 Å². The Balaban J connectivity index is 1.40. The lowest BCUT2D eigenvalue weighted by atomic mass is 9.72. The molecular formula is C29H38ClN5O5. The minimum absolute atomic E-state index is 0.116. The number of hydrogen-bond donors (Lipinski definition) is 4. The summed E-state index contributed by atoms with van der Waals surface area (Å²) in [7, 11) is 1.54. The molecule has 1 aromatic heterocycles. The molecule has 3 aliphatic rings. The molecule has 216 valence electrons. The molecule has 1 unspecified atom stereocenters. The van der Waals surface area contributed by atoms with Crippen molar-refractivity contribution in [3.8, 4) is 5.75 Å². The van der Waals surface area contributed by atoms with Crippen LogP contribution in [0.1, 0.15) is 75.7 Å². The number of halogens is 1. The first kappa shape index (κ1) is 28.3. The molecule has 40 heavy (non-hydrogen) atoms. The molecule has 3 heterocycles. The van der Waals surface area contributed by atoms with E-state index in [1.54, 1.807) is 30.2 Å². The highest BCUT2D eigenvalue weighted by Crippen LogP contribution is 2.47. The number of aromatic nitrogens is 1. The van der Waals surface area contributed by atoms with E-state index in [-0.39, 0.29) is 29.2 Å². The van der Waals surface area contributed by atoms with E-state index < -0.39 is 29.8 Å². The summed E-state index contributed by atoms with van der Waals surface area (Å²) in [4.78, 5) is 57.4. The number of nitrogens with one attached hydrogen (secondary N) is 3. The summed E-state index contributed by atoms with van der Waals surface area (Å²) < 4.78 is 5.45. The first-order valence-electron chi connectivity index (χ1n) is 14.0. The quantitative estimate of drug-likeness (QED) is 0.403. The van der Waals surface area contributed by atoms with Gasteiger partial charge >= 0.3 is 0 Å². The van der Waals surface area contributed by atoms with Crippen molar-refractivity contribution >= 4 is 46.1 Å². The van der Waals surface area contributed by atoms with E-state index in [0.717, 1.165) is 37.5 Å². The lowest BCUT2D eigenvalue weighted by Gasteiger charge is -2.32. The number of nitrogens with zero attached hydrogens (tertiary/aromatic N) is 1. The molecule has 2 aliphatic heterocycles. The van der Waals surface area contributed by atoms with E-state index >= 15 is 0 Å². The van der Waals surface area contributed by atoms with Gasteiger partial charge in [-0.25, -0.2) is 0 Å². The van der Waals surface area contributed by atoms with Crippen LogP contribution in [0, 0.1) is 11.3 Å². The number of nitrogens with two attached hydrogens (primary N) is 1. The molecule has 0 bridgehead atoms. The number of rotatable bonds is 7. The molecule has 0 radical (unpaired) electrons. The summed E-state index contributed by atoms with van der Waals surface area (Å²) in [5.41, 5.74) is 6.14. The highest BCUT2D eigenvalue weighted by Gasteiger charge is 2.50. The summed E-state index contributed by atoms with van der Waals surface area (Å²) in [5, 5.41) is 6.92. The zero-order chi connectivity index (χ0) is 28.8. The van der Waals surface area contributed by atoms with Crippen molar-refractivity contribution in [2.24, 2.45) is 17.1 Å². The number of benzene rings is 1. The first-order valence-corrected chi connectivity index (χ1v) is 14.4. The average molecular weight is 572 g/mol. The second kappa shape index (κ2) is 10.6. The molecule has 3 atom stereocenters. The number of hydrogen-bond acceptors (Lipinski definition) is 5. The Morgan fingerprint density at radius 1 is 1.18 bits per heavy atom. The highest BCUT2D eigenvalue weighted by atomic mass is 35.5. The molecule has 2 aromatic rings. The SMILES string of the molecule is COc1cc(Cl)cc2[nH]c(C(=O)N3CC4(CCCCC4)CC3C(=O)N[C@@H](C[C@@H]3CC(C)(C)NC3=O)C(N)=O)cc12. The van der Waals surface area contributed by atoms with Crippen LogP contribution in [0.3, 0.4) is 0 Å². The lowest BCUT2D eigenvalue weighted by molar-refractivity contribution is -0.131. The van der Waals surface area contributed by atoms with Gasteiger partial charge in [0.15, 0.2) is 0 Å². The van der Waals surface area contributed by atoms with Gasteiger partial charge in [-0.1, -0.05) is 30.9 Å². The molecule has 1 saturated carbocycles. The van der Waals surface area contributed by atoms with Crippen molar-refractivity contribution in [3.63, 3.8) is 0 Å².